The second-order valence-corrected chi connectivity index (χ2v) is 6.41. The van der Waals surface area contributed by atoms with Gasteiger partial charge in [-0.2, -0.15) is 0 Å². The van der Waals surface area contributed by atoms with E-state index in [0.717, 1.165) is 62.2 Å². The molecule has 7 heteroatoms. The Balaban J connectivity index is 1.46. The molecule has 1 aromatic carbocycles. The van der Waals surface area contributed by atoms with Crippen molar-refractivity contribution in [3.8, 4) is 0 Å². The number of nitrogens with zero attached hydrogens (tertiary/aromatic N) is 5. The number of carbonyl (C=O) groups excluding carboxylic acids is 1. The number of hydrogen-bond donors (Lipinski definition) is 0. The Hall–Kier alpha value is -2.41. The molecule has 1 amide bonds. The molecule has 0 spiro atoms. The van der Waals surface area contributed by atoms with E-state index >= 15 is 0 Å². The summed E-state index contributed by atoms with van der Waals surface area (Å²) >= 11 is 0. The Morgan fingerprint density at radius 1 is 1.08 bits per heavy atom. The number of rotatable bonds is 3. The number of aromatic nitrogens is 3. The van der Waals surface area contributed by atoms with Crippen LogP contribution in [0, 0.1) is 0 Å². The molecule has 3 heterocycles. The normalized spacial score (nSPS) is 17.5. The molecule has 25 heavy (non-hydrogen) atoms. The molecule has 0 bridgehead atoms. The average Bonchev–Trinajstić information content (AvgIpc) is 3.10. The number of benzene rings is 1. The average molecular weight is 341 g/mol. The number of hydrogen-bond acceptors (Lipinski definition) is 5. The summed E-state index contributed by atoms with van der Waals surface area (Å²) in [6.45, 7) is 7.38. The molecule has 1 fully saturated rings. The molecule has 0 atom stereocenters. The van der Waals surface area contributed by atoms with Gasteiger partial charge in [0.15, 0.2) is 5.82 Å². The third kappa shape index (κ3) is 3.11. The van der Waals surface area contributed by atoms with E-state index in [1.54, 1.807) is 0 Å². The Bertz CT molecular complexity index is 749. The Morgan fingerprint density at radius 3 is 2.56 bits per heavy atom. The van der Waals surface area contributed by atoms with Gasteiger partial charge in [0, 0.05) is 43.9 Å². The fourth-order valence-corrected chi connectivity index (χ4v) is 3.47. The topological polar surface area (TPSA) is 63.5 Å². The van der Waals surface area contributed by atoms with Crippen molar-refractivity contribution in [1.29, 1.82) is 0 Å². The van der Waals surface area contributed by atoms with E-state index < -0.39 is 0 Å². The van der Waals surface area contributed by atoms with Crippen molar-refractivity contribution < 1.29 is 9.53 Å². The van der Waals surface area contributed by atoms with Crippen molar-refractivity contribution in [3.05, 3.63) is 41.5 Å². The Kier molecular flexibility index (Phi) is 4.40. The SMILES string of the molecule is CCc1nnc2n1CCN(C(=O)c1ccc(N3CCOCC3)cc1)C2. The van der Waals surface area contributed by atoms with Crippen LogP contribution in [0.25, 0.3) is 0 Å². The van der Waals surface area contributed by atoms with Gasteiger partial charge >= 0.3 is 0 Å². The highest BCUT2D eigenvalue weighted by Crippen LogP contribution is 2.20. The second kappa shape index (κ2) is 6.84. The van der Waals surface area contributed by atoms with Crippen molar-refractivity contribution >= 4 is 11.6 Å². The van der Waals surface area contributed by atoms with Crippen molar-refractivity contribution in [3.63, 3.8) is 0 Å². The monoisotopic (exact) mass is 341 g/mol. The third-order valence-electron chi connectivity index (χ3n) is 4.92. The quantitative estimate of drug-likeness (QED) is 0.843. The number of fused-ring (bicyclic) bond motifs is 1. The predicted octanol–water partition coefficient (Wildman–Crippen LogP) is 1.33. The van der Waals surface area contributed by atoms with Gasteiger partial charge in [0.25, 0.3) is 5.91 Å². The molecule has 0 N–H and O–H groups in total. The number of amides is 1. The molecule has 2 aliphatic heterocycles. The Morgan fingerprint density at radius 2 is 1.84 bits per heavy atom. The van der Waals surface area contributed by atoms with Gasteiger partial charge in [0.1, 0.15) is 5.82 Å². The fourth-order valence-electron chi connectivity index (χ4n) is 3.47. The predicted molar refractivity (Wildman–Crippen MR) is 93.6 cm³/mol. The van der Waals surface area contributed by atoms with Gasteiger partial charge in [-0.25, -0.2) is 0 Å². The highest BCUT2D eigenvalue weighted by atomic mass is 16.5. The molecular formula is C18H23N5O2. The van der Waals surface area contributed by atoms with Gasteiger partial charge in [-0.3, -0.25) is 4.79 Å². The van der Waals surface area contributed by atoms with E-state index in [1.807, 2.05) is 29.2 Å². The molecule has 2 aliphatic rings. The summed E-state index contributed by atoms with van der Waals surface area (Å²) < 4.78 is 7.52. The van der Waals surface area contributed by atoms with Gasteiger partial charge in [-0.1, -0.05) is 6.92 Å². The van der Waals surface area contributed by atoms with E-state index in [4.69, 9.17) is 4.74 Å². The van der Waals surface area contributed by atoms with E-state index in [2.05, 4.69) is 26.6 Å². The fraction of sp³-hybridized carbons (Fsp3) is 0.500. The first kappa shape index (κ1) is 16.1. The van der Waals surface area contributed by atoms with E-state index in [1.165, 1.54) is 0 Å². The maximum absolute atomic E-state index is 12.8. The largest absolute Gasteiger partial charge is 0.378 e. The molecule has 132 valence electrons. The highest BCUT2D eigenvalue weighted by Gasteiger charge is 2.25. The third-order valence-corrected chi connectivity index (χ3v) is 4.92. The van der Waals surface area contributed by atoms with Crippen LogP contribution >= 0.6 is 0 Å². The van der Waals surface area contributed by atoms with Gasteiger partial charge in [0.2, 0.25) is 0 Å². The minimum absolute atomic E-state index is 0.0563. The second-order valence-electron chi connectivity index (χ2n) is 6.41. The number of anilines is 1. The lowest BCUT2D eigenvalue weighted by Crippen LogP contribution is -2.39. The van der Waals surface area contributed by atoms with E-state index in [0.29, 0.717) is 13.1 Å². The molecular weight excluding hydrogens is 318 g/mol. The molecule has 0 unspecified atom stereocenters. The number of carbonyl (C=O) groups is 1. The van der Waals surface area contributed by atoms with Crippen LogP contribution in [-0.2, 0) is 24.2 Å². The maximum Gasteiger partial charge on any atom is 0.254 e. The van der Waals surface area contributed by atoms with Crippen molar-refractivity contribution in [2.24, 2.45) is 0 Å². The zero-order valence-corrected chi connectivity index (χ0v) is 14.5. The van der Waals surface area contributed by atoms with Crippen LogP contribution in [0.4, 0.5) is 5.69 Å². The van der Waals surface area contributed by atoms with Crippen LogP contribution in [-0.4, -0.2) is 58.4 Å². The lowest BCUT2D eigenvalue weighted by atomic mass is 10.1. The summed E-state index contributed by atoms with van der Waals surface area (Å²) in [6, 6.07) is 7.90. The maximum atomic E-state index is 12.8. The van der Waals surface area contributed by atoms with Crippen LogP contribution in [0.5, 0.6) is 0 Å². The van der Waals surface area contributed by atoms with Gasteiger partial charge < -0.3 is 19.1 Å². The minimum atomic E-state index is 0.0563. The van der Waals surface area contributed by atoms with Crippen LogP contribution in [0.1, 0.15) is 28.9 Å². The molecule has 1 saturated heterocycles. The standard InChI is InChI=1S/C18H23N5O2/c1-2-16-19-20-17-13-22(7-8-23(16)17)18(24)14-3-5-15(6-4-14)21-9-11-25-12-10-21/h3-6H,2,7-13H2,1H3. The lowest BCUT2D eigenvalue weighted by Gasteiger charge is -2.30. The number of morpholine rings is 1. The minimum Gasteiger partial charge on any atom is -0.378 e. The number of ether oxygens (including phenoxy) is 1. The summed E-state index contributed by atoms with van der Waals surface area (Å²) in [5.41, 5.74) is 1.87. The Labute approximate surface area is 147 Å². The smallest absolute Gasteiger partial charge is 0.254 e. The van der Waals surface area contributed by atoms with Crippen LogP contribution in [0.2, 0.25) is 0 Å². The van der Waals surface area contributed by atoms with E-state index in [-0.39, 0.29) is 5.91 Å². The zero-order valence-electron chi connectivity index (χ0n) is 14.5. The number of aryl methyl sites for hydroxylation is 1. The molecule has 4 rings (SSSR count). The molecule has 1 aromatic heterocycles. The van der Waals surface area contributed by atoms with E-state index in [9.17, 15) is 4.79 Å². The summed E-state index contributed by atoms with van der Waals surface area (Å²) in [6.07, 6.45) is 0.865. The van der Waals surface area contributed by atoms with Crippen LogP contribution < -0.4 is 4.90 Å². The van der Waals surface area contributed by atoms with Crippen LogP contribution in [0.3, 0.4) is 0 Å². The molecule has 0 radical (unpaired) electrons. The first-order valence-electron chi connectivity index (χ1n) is 8.89. The molecule has 2 aromatic rings. The summed E-state index contributed by atoms with van der Waals surface area (Å²) in [5, 5.41) is 8.44. The van der Waals surface area contributed by atoms with Gasteiger partial charge in [-0.05, 0) is 24.3 Å². The lowest BCUT2D eigenvalue weighted by molar-refractivity contribution is 0.0706. The summed E-state index contributed by atoms with van der Waals surface area (Å²) in [4.78, 5) is 16.9. The molecule has 0 aliphatic carbocycles. The first-order valence-corrected chi connectivity index (χ1v) is 8.89. The molecule has 7 nitrogen and oxygen atoms in total. The first-order chi connectivity index (χ1) is 12.3. The van der Waals surface area contributed by atoms with Crippen LogP contribution in [0.15, 0.2) is 24.3 Å². The zero-order chi connectivity index (χ0) is 17.2. The van der Waals surface area contributed by atoms with Gasteiger partial charge in [0.05, 0.1) is 19.8 Å². The van der Waals surface area contributed by atoms with Gasteiger partial charge in [-0.15, -0.1) is 10.2 Å². The highest BCUT2D eigenvalue weighted by molar-refractivity contribution is 5.94. The van der Waals surface area contributed by atoms with Crippen molar-refractivity contribution in [2.45, 2.75) is 26.4 Å². The summed E-state index contributed by atoms with van der Waals surface area (Å²) in [5.74, 6) is 1.93. The van der Waals surface area contributed by atoms with Crippen molar-refractivity contribution in [2.75, 3.05) is 37.7 Å². The van der Waals surface area contributed by atoms with Crippen molar-refractivity contribution in [1.82, 2.24) is 19.7 Å². The summed E-state index contributed by atoms with van der Waals surface area (Å²) in [7, 11) is 0. The molecule has 0 saturated carbocycles.